The Balaban J connectivity index is 2.47. The average molecular weight is 424 g/mol. The monoisotopic (exact) mass is 424 g/mol. The first-order valence-corrected chi connectivity index (χ1v) is 9.38. The molecule has 1 aliphatic heterocycles. The van der Waals surface area contributed by atoms with Gasteiger partial charge in [0, 0.05) is 6.42 Å². The van der Waals surface area contributed by atoms with Crippen molar-refractivity contribution in [3.8, 4) is 0 Å². The predicted molar refractivity (Wildman–Crippen MR) is 104 cm³/mol. The van der Waals surface area contributed by atoms with Gasteiger partial charge in [-0.1, -0.05) is 0 Å². The molecule has 1 aliphatic rings. The van der Waals surface area contributed by atoms with Crippen LogP contribution in [0.4, 0.5) is 9.59 Å². The largest absolute Gasteiger partial charge is 0.479 e. The Bertz CT molecular complexity index is 878. The SMILES string of the molecule is CC(C)(C)OC(=O)N[C@H]1Cc2c(ncn2C(=O)OC(C)(C)C)C(C)(C(=O)O)NC1=O. The first kappa shape index (κ1) is 23.2. The minimum atomic E-state index is -1.91. The Morgan fingerprint density at radius 3 is 2.27 bits per heavy atom. The second-order valence-electron chi connectivity index (χ2n) is 9.21. The van der Waals surface area contributed by atoms with Crippen LogP contribution in [0.25, 0.3) is 0 Å². The zero-order valence-corrected chi connectivity index (χ0v) is 18.2. The number of aromatic nitrogens is 2. The van der Waals surface area contributed by atoms with Crippen LogP contribution in [0.5, 0.6) is 0 Å². The fourth-order valence-electron chi connectivity index (χ4n) is 2.85. The summed E-state index contributed by atoms with van der Waals surface area (Å²) in [6.07, 6.45) is -0.689. The number of imidazole rings is 1. The zero-order valence-electron chi connectivity index (χ0n) is 18.2. The average Bonchev–Trinajstić information content (AvgIpc) is 2.90. The number of aliphatic carboxylic acids is 1. The normalized spacial score (nSPS) is 21.7. The Morgan fingerprint density at radius 1 is 1.20 bits per heavy atom. The maximum absolute atomic E-state index is 12.7. The lowest BCUT2D eigenvalue weighted by atomic mass is 9.96. The van der Waals surface area contributed by atoms with Crippen LogP contribution in [0.1, 0.15) is 59.9 Å². The first-order valence-electron chi connectivity index (χ1n) is 9.38. The van der Waals surface area contributed by atoms with E-state index in [1.165, 1.54) is 6.92 Å². The molecule has 0 fully saturated rings. The summed E-state index contributed by atoms with van der Waals surface area (Å²) in [7, 11) is 0. The van der Waals surface area contributed by atoms with Gasteiger partial charge < -0.3 is 25.2 Å². The number of hydrogen-bond acceptors (Lipinski definition) is 7. The topological polar surface area (TPSA) is 149 Å². The molecule has 0 spiro atoms. The van der Waals surface area contributed by atoms with Gasteiger partial charge in [0.2, 0.25) is 5.91 Å². The highest BCUT2D eigenvalue weighted by Crippen LogP contribution is 2.28. The van der Waals surface area contributed by atoms with E-state index in [0.29, 0.717) is 0 Å². The third-order valence-electron chi connectivity index (χ3n) is 4.14. The summed E-state index contributed by atoms with van der Waals surface area (Å²) >= 11 is 0. The molecule has 1 aromatic heterocycles. The molecule has 0 bridgehead atoms. The van der Waals surface area contributed by atoms with E-state index >= 15 is 0 Å². The molecule has 0 aliphatic carbocycles. The number of nitrogens with zero attached hydrogens (tertiary/aromatic N) is 2. The highest BCUT2D eigenvalue weighted by atomic mass is 16.6. The fraction of sp³-hybridized carbons (Fsp3) is 0.632. The van der Waals surface area contributed by atoms with Crippen LogP contribution < -0.4 is 10.6 Å². The lowest BCUT2D eigenvalue weighted by molar-refractivity contribution is -0.147. The third kappa shape index (κ3) is 5.08. The van der Waals surface area contributed by atoms with Crippen molar-refractivity contribution < 1.29 is 33.8 Å². The molecule has 2 rings (SSSR count). The van der Waals surface area contributed by atoms with Gasteiger partial charge in [0.05, 0.1) is 11.4 Å². The molecule has 0 radical (unpaired) electrons. The second-order valence-corrected chi connectivity index (χ2v) is 9.21. The van der Waals surface area contributed by atoms with Gasteiger partial charge in [0.1, 0.15) is 23.6 Å². The van der Waals surface area contributed by atoms with E-state index in [1.807, 2.05) is 0 Å². The van der Waals surface area contributed by atoms with Crippen LogP contribution in [0, 0.1) is 0 Å². The lowest BCUT2D eigenvalue weighted by Crippen LogP contribution is -2.55. The molecule has 30 heavy (non-hydrogen) atoms. The van der Waals surface area contributed by atoms with Crippen LogP contribution in [-0.2, 0) is 31.0 Å². The van der Waals surface area contributed by atoms with Crippen molar-refractivity contribution in [3.63, 3.8) is 0 Å². The highest BCUT2D eigenvalue weighted by molar-refractivity contribution is 5.93. The van der Waals surface area contributed by atoms with E-state index in [9.17, 15) is 24.3 Å². The number of hydrogen-bond donors (Lipinski definition) is 3. The number of carbonyl (C=O) groups excluding carboxylic acids is 3. The minimum Gasteiger partial charge on any atom is -0.479 e. The number of rotatable bonds is 2. The first-order chi connectivity index (χ1) is 13.5. The van der Waals surface area contributed by atoms with Crippen molar-refractivity contribution in [1.82, 2.24) is 20.2 Å². The van der Waals surface area contributed by atoms with Crippen molar-refractivity contribution in [2.45, 2.75) is 77.7 Å². The molecule has 166 valence electrons. The molecule has 11 heteroatoms. The van der Waals surface area contributed by atoms with Crippen molar-refractivity contribution in [3.05, 3.63) is 17.7 Å². The molecule has 3 N–H and O–H groups in total. The Morgan fingerprint density at radius 2 is 1.77 bits per heavy atom. The molecule has 1 unspecified atom stereocenters. The summed E-state index contributed by atoms with van der Waals surface area (Å²) in [5, 5.41) is 14.6. The summed E-state index contributed by atoms with van der Waals surface area (Å²) in [5.74, 6) is -2.12. The Hall–Kier alpha value is -3.11. The predicted octanol–water partition coefficient (Wildman–Crippen LogP) is 1.53. The molecular weight excluding hydrogens is 396 g/mol. The van der Waals surface area contributed by atoms with E-state index in [4.69, 9.17) is 9.47 Å². The standard InChI is InChI=1S/C19H28N4O7/c1-17(2,3)29-15(27)21-10-8-11-12(19(7,14(25)26)22-13(10)24)20-9-23(11)16(28)30-18(4,5)6/h9-10H,8H2,1-7H3,(H,21,27)(H,22,24)(H,25,26)/t10-,19?/m0/s1. The number of carboxylic acids is 1. The molecule has 2 atom stereocenters. The van der Waals surface area contributed by atoms with Crippen molar-refractivity contribution in [2.75, 3.05) is 0 Å². The van der Waals surface area contributed by atoms with Crippen LogP contribution >= 0.6 is 0 Å². The fourth-order valence-corrected chi connectivity index (χ4v) is 2.85. The van der Waals surface area contributed by atoms with Gasteiger partial charge in [-0.05, 0) is 48.5 Å². The van der Waals surface area contributed by atoms with E-state index in [2.05, 4.69) is 15.6 Å². The molecule has 0 aromatic carbocycles. The maximum Gasteiger partial charge on any atom is 0.420 e. The molecule has 0 saturated carbocycles. The van der Waals surface area contributed by atoms with Crippen molar-refractivity contribution in [2.24, 2.45) is 0 Å². The van der Waals surface area contributed by atoms with Gasteiger partial charge in [-0.25, -0.2) is 23.9 Å². The lowest BCUT2D eigenvalue weighted by Gasteiger charge is -2.25. The van der Waals surface area contributed by atoms with E-state index in [1.54, 1.807) is 41.5 Å². The van der Waals surface area contributed by atoms with Crippen molar-refractivity contribution >= 4 is 24.1 Å². The summed E-state index contributed by atoms with van der Waals surface area (Å²) in [4.78, 5) is 53.6. The molecule has 2 amide bonds. The minimum absolute atomic E-state index is 0.0253. The highest BCUT2D eigenvalue weighted by Gasteiger charge is 2.47. The summed E-state index contributed by atoms with van der Waals surface area (Å²) in [6.45, 7) is 11.3. The van der Waals surface area contributed by atoms with Gasteiger partial charge in [-0.3, -0.25) is 4.79 Å². The zero-order chi connectivity index (χ0) is 23.1. The molecule has 2 heterocycles. The maximum atomic E-state index is 12.7. The van der Waals surface area contributed by atoms with Crippen molar-refractivity contribution in [1.29, 1.82) is 0 Å². The second kappa shape index (κ2) is 7.62. The third-order valence-corrected chi connectivity index (χ3v) is 4.14. The smallest absolute Gasteiger partial charge is 0.420 e. The molecule has 0 saturated heterocycles. The quantitative estimate of drug-likeness (QED) is 0.647. The van der Waals surface area contributed by atoms with E-state index in [-0.39, 0.29) is 17.8 Å². The Labute approximate surface area is 174 Å². The summed E-state index contributed by atoms with van der Waals surface area (Å²) in [6, 6.07) is -1.20. The Kier molecular flexibility index (Phi) is 5.88. The van der Waals surface area contributed by atoms with Crippen LogP contribution in [0.15, 0.2) is 6.33 Å². The number of alkyl carbamates (subject to hydrolysis) is 1. The van der Waals surface area contributed by atoms with E-state index in [0.717, 1.165) is 10.9 Å². The number of nitrogens with one attached hydrogen (secondary N) is 2. The molecule has 11 nitrogen and oxygen atoms in total. The number of ether oxygens (including phenoxy) is 2. The van der Waals surface area contributed by atoms with Gasteiger partial charge in [-0.15, -0.1) is 0 Å². The van der Waals surface area contributed by atoms with Gasteiger partial charge in [-0.2, -0.15) is 0 Å². The number of amides is 2. The summed E-state index contributed by atoms with van der Waals surface area (Å²) < 4.78 is 11.6. The van der Waals surface area contributed by atoms with E-state index < -0.39 is 46.8 Å². The summed E-state index contributed by atoms with van der Waals surface area (Å²) in [5.41, 5.74) is -3.41. The van der Waals surface area contributed by atoms with Gasteiger partial charge in [0.15, 0.2) is 5.54 Å². The number of fused-ring (bicyclic) bond motifs is 1. The van der Waals surface area contributed by atoms with Crippen LogP contribution in [0.3, 0.4) is 0 Å². The number of carbonyl (C=O) groups is 4. The van der Waals surface area contributed by atoms with Crippen LogP contribution in [0.2, 0.25) is 0 Å². The van der Waals surface area contributed by atoms with Gasteiger partial charge in [0.25, 0.3) is 0 Å². The molecule has 1 aromatic rings. The molecular formula is C19H28N4O7. The number of carboxylic acid groups (broad SMARTS) is 1. The van der Waals surface area contributed by atoms with Gasteiger partial charge >= 0.3 is 18.2 Å². The van der Waals surface area contributed by atoms with Crippen LogP contribution in [-0.4, -0.2) is 56.0 Å².